The highest BCUT2D eigenvalue weighted by Gasteiger charge is 2.19. The number of benzene rings is 1. The van der Waals surface area contributed by atoms with Crippen LogP contribution in [0.5, 0.6) is 0 Å². The molecule has 162 valence electrons. The molecule has 0 bridgehead atoms. The van der Waals surface area contributed by atoms with Gasteiger partial charge in [0, 0.05) is 23.4 Å². The summed E-state index contributed by atoms with van der Waals surface area (Å²) in [6.45, 7) is 6.51. The molecule has 1 fully saturated rings. The highest BCUT2D eigenvalue weighted by molar-refractivity contribution is 7.99. The Bertz CT molecular complexity index is 1000. The minimum atomic E-state index is -0.576. The smallest absolute Gasteiger partial charge is 0.177 e. The van der Waals surface area contributed by atoms with Crippen LogP contribution in [0.2, 0.25) is 0 Å². The Balaban J connectivity index is 0.00000256. The Labute approximate surface area is 185 Å². The van der Waals surface area contributed by atoms with Crippen LogP contribution in [0.4, 0.5) is 14.5 Å². The first-order valence-corrected chi connectivity index (χ1v) is 10.8. The number of aromatic nitrogens is 3. The van der Waals surface area contributed by atoms with Gasteiger partial charge in [0.15, 0.2) is 5.65 Å². The van der Waals surface area contributed by atoms with Crippen molar-refractivity contribution in [2.24, 2.45) is 0 Å². The van der Waals surface area contributed by atoms with E-state index < -0.39 is 11.6 Å². The largest absolute Gasteiger partial charge is 0.378 e. The molecular weight excluding hydrogens is 428 g/mol. The summed E-state index contributed by atoms with van der Waals surface area (Å²) in [7, 11) is 0. The zero-order valence-corrected chi connectivity index (χ0v) is 18.6. The zero-order valence-electron chi connectivity index (χ0n) is 17.0. The normalized spacial score (nSPS) is 14.8. The number of fused-ring (bicyclic) bond motifs is 1. The van der Waals surface area contributed by atoms with Gasteiger partial charge in [-0.1, -0.05) is 19.9 Å². The van der Waals surface area contributed by atoms with Gasteiger partial charge in [0.1, 0.15) is 16.7 Å². The number of rotatable bonds is 6. The van der Waals surface area contributed by atoms with Crippen molar-refractivity contribution in [2.45, 2.75) is 49.4 Å². The maximum atomic E-state index is 14.0. The molecule has 4 rings (SSSR count). The van der Waals surface area contributed by atoms with Gasteiger partial charge in [-0.05, 0) is 44.0 Å². The molecule has 0 unspecified atom stereocenters. The lowest BCUT2D eigenvalue weighted by molar-refractivity contribution is 0.531. The van der Waals surface area contributed by atoms with Gasteiger partial charge >= 0.3 is 0 Å². The van der Waals surface area contributed by atoms with Crippen molar-refractivity contribution in [2.75, 3.05) is 18.4 Å². The van der Waals surface area contributed by atoms with Gasteiger partial charge in [0.2, 0.25) is 0 Å². The van der Waals surface area contributed by atoms with E-state index in [2.05, 4.69) is 29.5 Å². The van der Waals surface area contributed by atoms with Gasteiger partial charge in [0.05, 0.1) is 17.6 Å². The molecule has 2 aromatic heterocycles. The highest BCUT2D eigenvalue weighted by Crippen LogP contribution is 2.31. The summed E-state index contributed by atoms with van der Waals surface area (Å²) in [5.41, 5.74) is 2.95. The van der Waals surface area contributed by atoms with Crippen LogP contribution in [-0.2, 0) is 6.54 Å². The van der Waals surface area contributed by atoms with E-state index in [0.717, 1.165) is 48.4 Å². The molecule has 0 atom stereocenters. The van der Waals surface area contributed by atoms with Crippen LogP contribution in [0.25, 0.3) is 5.65 Å². The van der Waals surface area contributed by atoms with Gasteiger partial charge in [0.25, 0.3) is 0 Å². The fraction of sp³-hybridized carbons (Fsp3) is 0.429. The predicted molar refractivity (Wildman–Crippen MR) is 120 cm³/mol. The van der Waals surface area contributed by atoms with Crippen LogP contribution >= 0.6 is 24.2 Å². The summed E-state index contributed by atoms with van der Waals surface area (Å²) in [5, 5.41) is 12.9. The molecule has 3 aromatic rings. The monoisotopic (exact) mass is 453 g/mol. The number of hydrogen-bond acceptors (Lipinski definition) is 5. The van der Waals surface area contributed by atoms with Crippen molar-refractivity contribution in [1.29, 1.82) is 0 Å². The Morgan fingerprint density at radius 1 is 1.23 bits per heavy atom. The molecule has 5 nitrogen and oxygen atoms in total. The molecule has 9 heteroatoms. The number of piperidine rings is 1. The Morgan fingerprint density at radius 2 is 2.00 bits per heavy atom. The molecule has 30 heavy (non-hydrogen) atoms. The van der Waals surface area contributed by atoms with E-state index in [0.29, 0.717) is 16.5 Å². The SMILES string of the molecule is CC(C)c1cnc2c(NCc3ccc(F)cc3F)cc(SC3CCNCC3)nn12.Cl. The number of halogens is 3. The van der Waals surface area contributed by atoms with E-state index in [-0.39, 0.29) is 24.9 Å². The van der Waals surface area contributed by atoms with Crippen LogP contribution in [0.3, 0.4) is 0 Å². The van der Waals surface area contributed by atoms with E-state index in [1.807, 2.05) is 16.8 Å². The minimum Gasteiger partial charge on any atom is -0.378 e. The first-order valence-electron chi connectivity index (χ1n) is 9.95. The fourth-order valence-corrected chi connectivity index (χ4v) is 4.61. The van der Waals surface area contributed by atoms with Crippen LogP contribution in [0.15, 0.2) is 35.5 Å². The molecule has 0 spiro atoms. The van der Waals surface area contributed by atoms with Crippen molar-refractivity contribution in [3.63, 3.8) is 0 Å². The van der Waals surface area contributed by atoms with Gasteiger partial charge in [-0.3, -0.25) is 0 Å². The second-order valence-corrected chi connectivity index (χ2v) is 8.95. The third-order valence-electron chi connectivity index (χ3n) is 5.12. The number of anilines is 1. The van der Waals surface area contributed by atoms with Gasteiger partial charge in [-0.2, -0.15) is 5.10 Å². The molecule has 1 saturated heterocycles. The number of nitrogens with zero attached hydrogens (tertiary/aromatic N) is 3. The van der Waals surface area contributed by atoms with Gasteiger partial charge < -0.3 is 10.6 Å². The lowest BCUT2D eigenvalue weighted by atomic mass is 10.1. The summed E-state index contributed by atoms with van der Waals surface area (Å²) in [6, 6.07) is 5.63. The van der Waals surface area contributed by atoms with Crippen molar-refractivity contribution in [3.8, 4) is 0 Å². The zero-order chi connectivity index (χ0) is 20.4. The molecular formula is C21H26ClF2N5S. The van der Waals surface area contributed by atoms with Crippen LogP contribution < -0.4 is 10.6 Å². The minimum absolute atomic E-state index is 0. The van der Waals surface area contributed by atoms with Crippen molar-refractivity contribution in [1.82, 2.24) is 19.9 Å². The van der Waals surface area contributed by atoms with Crippen molar-refractivity contribution in [3.05, 3.63) is 53.4 Å². The molecule has 3 heterocycles. The third-order valence-corrected chi connectivity index (χ3v) is 6.37. The Kier molecular flexibility index (Phi) is 7.55. The first kappa shape index (κ1) is 22.8. The lowest BCUT2D eigenvalue weighted by Crippen LogP contribution is -2.29. The van der Waals surface area contributed by atoms with Crippen LogP contribution in [-0.4, -0.2) is 32.9 Å². The second kappa shape index (κ2) is 9.94. The quantitative estimate of drug-likeness (QED) is 0.549. The molecule has 2 N–H and O–H groups in total. The highest BCUT2D eigenvalue weighted by atomic mass is 35.5. The van der Waals surface area contributed by atoms with Crippen LogP contribution in [0, 0.1) is 11.6 Å². The average molecular weight is 454 g/mol. The molecule has 0 radical (unpaired) electrons. The van der Waals surface area contributed by atoms with E-state index in [1.165, 1.54) is 12.1 Å². The summed E-state index contributed by atoms with van der Waals surface area (Å²) in [4.78, 5) is 4.54. The predicted octanol–water partition coefficient (Wildman–Crippen LogP) is 5.01. The van der Waals surface area contributed by atoms with Crippen molar-refractivity contribution >= 4 is 35.5 Å². The standard InChI is InChI=1S/C21H25F2N5S.ClH/c1-13(2)19-12-26-21-18(25-11-14-3-4-15(22)9-17(14)23)10-20(27-28(19)21)29-16-5-7-24-8-6-16;/h3-4,9-10,12-13,16,24-25H,5-8,11H2,1-2H3;1H. The maximum absolute atomic E-state index is 14.0. The molecule has 1 aliphatic heterocycles. The topological polar surface area (TPSA) is 54.2 Å². The Hall–Kier alpha value is -1.90. The molecule has 0 amide bonds. The first-order chi connectivity index (χ1) is 14.0. The summed E-state index contributed by atoms with van der Waals surface area (Å²) in [5.74, 6) is -0.856. The van der Waals surface area contributed by atoms with Crippen molar-refractivity contribution < 1.29 is 8.78 Å². The summed E-state index contributed by atoms with van der Waals surface area (Å²) in [6.07, 6.45) is 4.05. The fourth-order valence-electron chi connectivity index (χ4n) is 3.48. The van der Waals surface area contributed by atoms with Gasteiger partial charge in [-0.15, -0.1) is 24.2 Å². The van der Waals surface area contributed by atoms with E-state index in [9.17, 15) is 8.78 Å². The molecule has 1 aliphatic rings. The maximum Gasteiger partial charge on any atom is 0.177 e. The van der Waals surface area contributed by atoms with E-state index in [4.69, 9.17) is 5.10 Å². The van der Waals surface area contributed by atoms with E-state index >= 15 is 0 Å². The number of thioether (sulfide) groups is 1. The third kappa shape index (κ3) is 5.04. The number of hydrogen-bond donors (Lipinski definition) is 2. The summed E-state index contributed by atoms with van der Waals surface area (Å²) < 4.78 is 29.1. The Morgan fingerprint density at radius 3 is 2.70 bits per heavy atom. The molecule has 0 saturated carbocycles. The lowest BCUT2D eigenvalue weighted by Gasteiger charge is -2.22. The number of imidazole rings is 1. The van der Waals surface area contributed by atoms with Crippen LogP contribution in [0.1, 0.15) is 43.9 Å². The summed E-state index contributed by atoms with van der Waals surface area (Å²) >= 11 is 1.78. The second-order valence-electron chi connectivity index (χ2n) is 7.63. The average Bonchev–Trinajstić information content (AvgIpc) is 3.12. The van der Waals surface area contributed by atoms with E-state index in [1.54, 1.807) is 11.8 Å². The van der Waals surface area contributed by atoms with Gasteiger partial charge in [-0.25, -0.2) is 18.3 Å². The molecule has 1 aromatic carbocycles. The number of nitrogens with one attached hydrogen (secondary N) is 2. The molecule has 0 aliphatic carbocycles.